The topological polar surface area (TPSA) is 105 Å². The van der Waals surface area contributed by atoms with Crippen molar-refractivity contribution in [3.8, 4) is 11.5 Å². The number of carbonyl (C=O) groups excluding carboxylic acids is 2. The minimum absolute atomic E-state index is 0.00941. The third-order valence-electron chi connectivity index (χ3n) is 6.95. The lowest BCUT2D eigenvalue weighted by Crippen LogP contribution is -2.52. The maximum absolute atomic E-state index is 14.1. The minimum atomic E-state index is -4.27. The third-order valence-corrected chi connectivity index (χ3v) is 8.96. The summed E-state index contributed by atoms with van der Waals surface area (Å²) in [5.74, 6) is -0.148. The Morgan fingerprint density at radius 1 is 0.976 bits per heavy atom. The molecule has 3 rings (SSSR count). The van der Waals surface area contributed by atoms with E-state index >= 15 is 0 Å². The van der Waals surface area contributed by atoms with Crippen molar-refractivity contribution in [3.63, 3.8) is 0 Å². The molecule has 3 aromatic rings. The number of methoxy groups -OCH3 is 2. The molecule has 226 valence electrons. The quantitative estimate of drug-likeness (QED) is 0.284. The molecule has 0 unspecified atom stereocenters. The van der Waals surface area contributed by atoms with Crippen LogP contribution in [0.15, 0.2) is 71.6 Å². The Bertz CT molecular complexity index is 1500. The predicted octanol–water partition coefficient (Wildman–Crippen LogP) is 5.19. The van der Waals surface area contributed by atoms with Gasteiger partial charge in [0.05, 0.1) is 24.8 Å². The molecule has 0 aromatic heterocycles. The SMILES string of the molecule is CC[C@H](C)NC(=O)[C@@H](C)N(Cc1cccc(OC)c1)C(=O)CN(c1cc(Cl)ccc1OC)S(=O)(=O)c1ccc(C)cc1. The fraction of sp³-hybridized carbons (Fsp3) is 0.355. The van der Waals surface area contributed by atoms with Crippen molar-refractivity contribution in [1.29, 1.82) is 0 Å². The summed E-state index contributed by atoms with van der Waals surface area (Å²) in [4.78, 5) is 28.7. The lowest BCUT2D eigenvalue weighted by atomic mass is 10.1. The smallest absolute Gasteiger partial charge is 0.264 e. The lowest BCUT2D eigenvalue weighted by Gasteiger charge is -2.33. The van der Waals surface area contributed by atoms with E-state index in [0.29, 0.717) is 17.7 Å². The van der Waals surface area contributed by atoms with Crippen LogP contribution in [-0.4, -0.2) is 58.0 Å². The molecule has 0 saturated carbocycles. The first kappa shape index (κ1) is 32.8. The van der Waals surface area contributed by atoms with Gasteiger partial charge in [0.2, 0.25) is 11.8 Å². The van der Waals surface area contributed by atoms with E-state index < -0.39 is 28.5 Å². The highest BCUT2D eigenvalue weighted by molar-refractivity contribution is 7.92. The Kier molecular flexibility index (Phi) is 11.2. The van der Waals surface area contributed by atoms with Crippen LogP contribution in [0.3, 0.4) is 0 Å². The van der Waals surface area contributed by atoms with Gasteiger partial charge in [0.25, 0.3) is 10.0 Å². The molecule has 0 heterocycles. The Labute approximate surface area is 253 Å². The second-order valence-corrected chi connectivity index (χ2v) is 12.3. The number of benzene rings is 3. The molecule has 2 amide bonds. The van der Waals surface area contributed by atoms with Crippen molar-refractivity contribution in [1.82, 2.24) is 10.2 Å². The second-order valence-electron chi connectivity index (χ2n) is 10.0. The molecule has 11 heteroatoms. The highest BCUT2D eigenvalue weighted by Crippen LogP contribution is 2.35. The molecule has 9 nitrogen and oxygen atoms in total. The zero-order valence-corrected chi connectivity index (χ0v) is 26.3. The van der Waals surface area contributed by atoms with Crippen LogP contribution in [0.2, 0.25) is 5.02 Å². The largest absolute Gasteiger partial charge is 0.497 e. The van der Waals surface area contributed by atoms with E-state index in [0.717, 1.165) is 9.87 Å². The molecule has 0 fully saturated rings. The number of hydrogen-bond donors (Lipinski definition) is 1. The molecule has 2 atom stereocenters. The van der Waals surface area contributed by atoms with Crippen LogP contribution in [0, 0.1) is 6.92 Å². The van der Waals surface area contributed by atoms with Crippen molar-refractivity contribution < 1.29 is 27.5 Å². The van der Waals surface area contributed by atoms with Gasteiger partial charge in [-0.2, -0.15) is 0 Å². The molecule has 0 saturated heterocycles. The number of rotatable bonds is 13. The van der Waals surface area contributed by atoms with Crippen LogP contribution < -0.4 is 19.1 Å². The standard InChI is InChI=1S/C31H38ClN3O6S/c1-7-22(3)33-31(37)23(4)34(19-24-9-8-10-26(17-24)40-5)30(36)20-35(28-18-25(32)13-16-29(28)41-6)42(38,39)27-14-11-21(2)12-15-27/h8-18,22-23H,7,19-20H2,1-6H3,(H,33,37)/t22-,23+/m0/s1. The van der Waals surface area contributed by atoms with Gasteiger partial charge < -0.3 is 19.7 Å². The molecule has 0 spiro atoms. The average molecular weight is 616 g/mol. The molecule has 0 aliphatic heterocycles. The number of ether oxygens (including phenoxy) is 2. The number of aryl methyl sites for hydroxylation is 1. The van der Waals surface area contributed by atoms with Crippen molar-refractivity contribution >= 4 is 39.1 Å². The van der Waals surface area contributed by atoms with E-state index in [1.54, 1.807) is 43.3 Å². The zero-order chi connectivity index (χ0) is 31.0. The highest BCUT2D eigenvalue weighted by atomic mass is 35.5. The van der Waals surface area contributed by atoms with Crippen molar-refractivity contribution in [3.05, 3.63) is 82.9 Å². The number of amides is 2. The van der Waals surface area contributed by atoms with Crippen molar-refractivity contribution in [2.24, 2.45) is 0 Å². The van der Waals surface area contributed by atoms with Gasteiger partial charge in [-0.15, -0.1) is 0 Å². The van der Waals surface area contributed by atoms with Gasteiger partial charge >= 0.3 is 0 Å². The van der Waals surface area contributed by atoms with Crippen LogP contribution in [0.1, 0.15) is 38.3 Å². The Morgan fingerprint density at radius 3 is 2.29 bits per heavy atom. The molecule has 0 radical (unpaired) electrons. The van der Waals surface area contributed by atoms with Gasteiger partial charge in [-0.25, -0.2) is 8.42 Å². The maximum Gasteiger partial charge on any atom is 0.264 e. The third kappa shape index (κ3) is 7.95. The molecule has 0 bridgehead atoms. The minimum Gasteiger partial charge on any atom is -0.497 e. The van der Waals surface area contributed by atoms with Crippen LogP contribution in [0.4, 0.5) is 5.69 Å². The molecule has 42 heavy (non-hydrogen) atoms. The van der Waals surface area contributed by atoms with E-state index in [1.807, 2.05) is 26.8 Å². The fourth-order valence-electron chi connectivity index (χ4n) is 4.22. The van der Waals surface area contributed by atoms with Gasteiger partial charge in [-0.1, -0.05) is 48.4 Å². The zero-order valence-electron chi connectivity index (χ0n) is 24.8. The number of nitrogens with one attached hydrogen (secondary N) is 1. The first-order valence-electron chi connectivity index (χ1n) is 13.6. The van der Waals surface area contributed by atoms with Crippen LogP contribution >= 0.6 is 11.6 Å². The number of hydrogen-bond acceptors (Lipinski definition) is 6. The Morgan fingerprint density at radius 2 is 1.67 bits per heavy atom. The maximum atomic E-state index is 14.1. The average Bonchev–Trinajstić information content (AvgIpc) is 2.98. The van der Waals surface area contributed by atoms with E-state index in [9.17, 15) is 18.0 Å². The second kappa shape index (κ2) is 14.4. The predicted molar refractivity (Wildman–Crippen MR) is 165 cm³/mol. The summed E-state index contributed by atoms with van der Waals surface area (Å²) in [7, 11) is -1.33. The van der Waals surface area contributed by atoms with Crippen LogP contribution in [0.5, 0.6) is 11.5 Å². The van der Waals surface area contributed by atoms with Crippen molar-refractivity contribution in [2.45, 2.75) is 57.6 Å². The van der Waals surface area contributed by atoms with E-state index in [1.165, 1.54) is 43.4 Å². The fourth-order valence-corrected chi connectivity index (χ4v) is 5.81. The highest BCUT2D eigenvalue weighted by Gasteiger charge is 2.34. The van der Waals surface area contributed by atoms with Crippen LogP contribution in [-0.2, 0) is 26.2 Å². The van der Waals surface area contributed by atoms with Gasteiger partial charge in [0, 0.05) is 17.6 Å². The molecule has 0 aliphatic rings. The van der Waals surface area contributed by atoms with E-state index in [-0.39, 0.29) is 39.8 Å². The summed E-state index contributed by atoms with van der Waals surface area (Å²) in [6.07, 6.45) is 0.708. The number of halogens is 1. The summed E-state index contributed by atoms with van der Waals surface area (Å²) in [5, 5.41) is 3.18. The Balaban J connectivity index is 2.10. The van der Waals surface area contributed by atoms with Crippen LogP contribution in [0.25, 0.3) is 0 Å². The number of carbonyl (C=O) groups is 2. The van der Waals surface area contributed by atoms with E-state index in [4.69, 9.17) is 21.1 Å². The van der Waals surface area contributed by atoms with Gasteiger partial charge in [-0.3, -0.25) is 13.9 Å². The summed E-state index contributed by atoms with van der Waals surface area (Å²) < 4.78 is 39.9. The molecule has 0 aliphatic carbocycles. The monoisotopic (exact) mass is 615 g/mol. The Hall–Kier alpha value is -3.76. The number of nitrogens with zero attached hydrogens (tertiary/aromatic N) is 2. The lowest BCUT2D eigenvalue weighted by molar-refractivity contribution is -0.139. The summed E-state index contributed by atoms with van der Waals surface area (Å²) in [6.45, 7) is 6.71. The number of sulfonamides is 1. The molecule has 3 aromatic carbocycles. The van der Waals surface area contributed by atoms with Gasteiger partial charge in [-0.05, 0) is 75.2 Å². The molecule has 1 N–H and O–H groups in total. The summed E-state index contributed by atoms with van der Waals surface area (Å²) in [6, 6.07) is 17.0. The molecular formula is C31H38ClN3O6S. The normalized spacial score (nSPS) is 12.6. The van der Waals surface area contributed by atoms with Crippen molar-refractivity contribution in [2.75, 3.05) is 25.1 Å². The van der Waals surface area contributed by atoms with Gasteiger partial charge in [0.15, 0.2) is 0 Å². The number of anilines is 1. The summed E-state index contributed by atoms with van der Waals surface area (Å²) >= 11 is 6.29. The summed E-state index contributed by atoms with van der Waals surface area (Å²) in [5.41, 5.74) is 1.68. The first-order valence-corrected chi connectivity index (χ1v) is 15.4. The first-order chi connectivity index (χ1) is 19.9. The molecular weight excluding hydrogens is 578 g/mol. The van der Waals surface area contributed by atoms with Gasteiger partial charge in [0.1, 0.15) is 24.1 Å². The van der Waals surface area contributed by atoms with E-state index in [2.05, 4.69) is 5.32 Å².